The minimum absolute atomic E-state index is 0.282. The fourth-order valence-corrected chi connectivity index (χ4v) is 2.50. The van der Waals surface area contributed by atoms with E-state index in [4.69, 9.17) is 5.73 Å². The van der Waals surface area contributed by atoms with E-state index in [9.17, 15) is 4.79 Å². The van der Waals surface area contributed by atoms with Crippen LogP contribution in [-0.4, -0.2) is 10.9 Å². The maximum Gasteiger partial charge on any atom is 0.274 e. The zero-order valence-electron chi connectivity index (χ0n) is 9.15. The number of nitrogens with two attached hydrogens (primary N) is 1. The van der Waals surface area contributed by atoms with Crippen molar-refractivity contribution in [3.05, 3.63) is 51.0 Å². The summed E-state index contributed by atoms with van der Waals surface area (Å²) in [6.07, 6.45) is 0. The van der Waals surface area contributed by atoms with Gasteiger partial charge in [0.2, 0.25) is 0 Å². The number of aromatic nitrogens is 1. The molecule has 92 valence electrons. The Hall–Kier alpha value is -1.40. The summed E-state index contributed by atoms with van der Waals surface area (Å²) in [5.74, 6) is 0.0165. The van der Waals surface area contributed by atoms with Gasteiger partial charge in [0.15, 0.2) is 0 Å². The van der Waals surface area contributed by atoms with Gasteiger partial charge in [-0.3, -0.25) is 4.79 Å². The van der Waals surface area contributed by atoms with Gasteiger partial charge in [-0.15, -0.1) is 0 Å². The Bertz CT molecular complexity index is 602. The molecule has 1 heterocycles. The van der Waals surface area contributed by atoms with Crippen molar-refractivity contribution >= 4 is 49.3 Å². The molecule has 1 amide bonds. The smallest absolute Gasteiger partial charge is 0.274 e. The van der Waals surface area contributed by atoms with E-state index in [1.54, 1.807) is 24.3 Å². The Morgan fingerprint density at radius 1 is 1.22 bits per heavy atom. The number of amides is 1. The maximum atomic E-state index is 11.9. The summed E-state index contributed by atoms with van der Waals surface area (Å²) < 4.78 is 1.71. The van der Waals surface area contributed by atoms with Crippen molar-refractivity contribution in [1.29, 1.82) is 0 Å². The lowest BCUT2D eigenvalue weighted by Crippen LogP contribution is -2.14. The minimum atomic E-state index is -0.301. The Labute approximate surface area is 121 Å². The fraction of sp³-hybridized carbons (Fsp3) is 0. The quantitative estimate of drug-likeness (QED) is 0.850. The average molecular weight is 371 g/mol. The zero-order chi connectivity index (χ0) is 13.1. The summed E-state index contributed by atoms with van der Waals surface area (Å²) in [5.41, 5.74) is 6.49. The molecule has 0 aliphatic carbocycles. The lowest BCUT2D eigenvalue weighted by atomic mass is 10.3. The van der Waals surface area contributed by atoms with Crippen LogP contribution < -0.4 is 11.1 Å². The molecule has 18 heavy (non-hydrogen) atoms. The number of nitrogen functional groups attached to an aromatic ring is 1. The molecule has 6 heteroatoms. The van der Waals surface area contributed by atoms with Gasteiger partial charge in [-0.05, 0) is 46.3 Å². The maximum absolute atomic E-state index is 11.9. The first-order chi connectivity index (χ1) is 8.56. The van der Waals surface area contributed by atoms with E-state index in [0.717, 1.165) is 8.95 Å². The van der Waals surface area contributed by atoms with E-state index in [1.165, 1.54) is 0 Å². The summed E-state index contributed by atoms with van der Waals surface area (Å²) in [6.45, 7) is 0. The normalized spacial score (nSPS) is 10.1. The first kappa shape index (κ1) is 13.0. The molecule has 1 aromatic heterocycles. The van der Waals surface area contributed by atoms with Gasteiger partial charge < -0.3 is 11.1 Å². The summed E-state index contributed by atoms with van der Waals surface area (Å²) in [4.78, 5) is 15.9. The van der Waals surface area contributed by atoms with Crippen molar-refractivity contribution < 1.29 is 4.79 Å². The Morgan fingerprint density at radius 2 is 2.00 bits per heavy atom. The predicted octanol–water partition coefficient (Wildman–Crippen LogP) is 3.44. The molecule has 2 rings (SSSR count). The van der Waals surface area contributed by atoms with Gasteiger partial charge in [0.25, 0.3) is 5.91 Å². The molecular formula is C12H9Br2N3O. The number of benzene rings is 1. The molecule has 0 unspecified atom stereocenters. The minimum Gasteiger partial charge on any atom is -0.384 e. The highest BCUT2D eigenvalue weighted by Crippen LogP contribution is 2.26. The number of nitrogens with zero attached hydrogens (tertiary/aromatic N) is 1. The predicted molar refractivity (Wildman–Crippen MR) is 78.4 cm³/mol. The summed E-state index contributed by atoms with van der Waals surface area (Å²) in [7, 11) is 0. The number of hydrogen-bond acceptors (Lipinski definition) is 3. The van der Waals surface area contributed by atoms with Crippen LogP contribution in [0.25, 0.3) is 0 Å². The Morgan fingerprint density at radius 3 is 2.67 bits per heavy atom. The van der Waals surface area contributed by atoms with Crippen LogP contribution in [0.4, 0.5) is 11.5 Å². The monoisotopic (exact) mass is 369 g/mol. The average Bonchev–Trinajstić information content (AvgIpc) is 2.32. The third-order valence-corrected chi connectivity index (χ3v) is 3.33. The van der Waals surface area contributed by atoms with E-state index in [0.29, 0.717) is 11.5 Å². The van der Waals surface area contributed by atoms with E-state index < -0.39 is 0 Å². The highest BCUT2D eigenvalue weighted by atomic mass is 79.9. The van der Waals surface area contributed by atoms with Gasteiger partial charge in [-0.25, -0.2) is 4.98 Å². The highest BCUT2D eigenvalue weighted by molar-refractivity contribution is 9.11. The van der Waals surface area contributed by atoms with Crippen molar-refractivity contribution in [3.8, 4) is 0 Å². The van der Waals surface area contributed by atoms with Gasteiger partial charge in [-0.2, -0.15) is 0 Å². The number of halogens is 2. The number of hydrogen-bond donors (Lipinski definition) is 2. The van der Waals surface area contributed by atoms with Crippen LogP contribution in [0.5, 0.6) is 0 Å². The van der Waals surface area contributed by atoms with Gasteiger partial charge >= 0.3 is 0 Å². The van der Waals surface area contributed by atoms with E-state index in [2.05, 4.69) is 42.2 Å². The number of rotatable bonds is 2. The third-order valence-electron chi connectivity index (χ3n) is 2.18. The molecule has 0 aliphatic rings. The molecule has 1 aromatic carbocycles. The lowest BCUT2D eigenvalue weighted by Gasteiger charge is -2.07. The number of nitrogens with one attached hydrogen (secondary N) is 1. The molecular weight excluding hydrogens is 362 g/mol. The number of carbonyl (C=O) groups excluding carboxylic acids is 1. The van der Waals surface area contributed by atoms with Crippen LogP contribution in [0.1, 0.15) is 10.5 Å². The second kappa shape index (κ2) is 5.49. The van der Waals surface area contributed by atoms with E-state index in [1.807, 2.05) is 12.1 Å². The van der Waals surface area contributed by atoms with Gasteiger partial charge in [0, 0.05) is 8.95 Å². The van der Waals surface area contributed by atoms with Crippen LogP contribution in [0.2, 0.25) is 0 Å². The number of anilines is 2. The van der Waals surface area contributed by atoms with Crippen molar-refractivity contribution in [2.75, 3.05) is 11.1 Å². The molecule has 0 radical (unpaired) electrons. The van der Waals surface area contributed by atoms with Crippen molar-refractivity contribution in [2.45, 2.75) is 0 Å². The van der Waals surface area contributed by atoms with Gasteiger partial charge in [-0.1, -0.05) is 22.0 Å². The summed E-state index contributed by atoms with van der Waals surface area (Å²) >= 11 is 6.72. The molecule has 0 atom stereocenters. The van der Waals surface area contributed by atoms with Gasteiger partial charge in [0.1, 0.15) is 11.5 Å². The molecule has 4 nitrogen and oxygen atoms in total. The Kier molecular flexibility index (Phi) is 3.98. The molecule has 0 fully saturated rings. The SMILES string of the molecule is Nc1cccc(C(=O)Nc2ccc(Br)cc2Br)n1. The largest absolute Gasteiger partial charge is 0.384 e. The van der Waals surface area contributed by atoms with E-state index in [-0.39, 0.29) is 11.6 Å². The van der Waals surface area contributed by atoms with Crippen LogP contribution in [0, 0.1) is 0 Å². The standard InChI is InChI=1S/C12H9Br2N3O/c13-7-4-5-9(8(14)6-7)17-12(18)10-2-1-3-11(15)16-10/h1-6H,(H2,15,16)(H,17,18). The van der Waals surface area contributed by atoms with Crippen molar-refractivity contribution in [2.24, 2.45) is 0 Å². The van der Waals surface area contributed by atoms with Crippen LogP contribution in [0.15, 0.2) is 45.3 Å². The Balaban J connectivity index is 2.21. The zero-order valence-corrected chi connectivity index (χ0v) is 12.3. The van der Waals surface area contributed by atoms with Crippen molar-refractivity contribution in [3.63, 3.8) is 0 Å². The van der Waals surface area contributed by atoms with Crippen LogP contribution >= 0.6 is 31.9 Å². The van der Waals surface area contributed by atoms with E-state index >= 15 is 0 Å². The fourth-order valence-electron chi connectivity index (χ4n) is 1.36. The van der Waals surface area contributed by atoms with Crippen molar-refractivity contribution in [1.82, 2.24) is 4.98 Å². The molecule has 0 bridgehead atoms. The highest BCUT2D eigenvalue weighted by Gasteiger charge is 2.09. The first-order valence-electron chi connectivity index (χ1n) is 5.05. The molecule has 0 saturated carbocycles. The molecule has 2 aromatic rings. The lowest BCUT2D eigenvalue weighted by molar-refractivity contribution is 0.102. The number of pyridine rings is 1. The second-order valence-electron chi connectivity index (χ2n) is 3.53. The molecule has 0 spiro atoms. The van der Waals surface area contributed by atoms with Crippen LogP contribution in [0.3, 0.4) is 0 Å². The first-order valence-corrected chi connectivity index (χ1v) is 6.64. The molecule has 3 N–H and O–H groups in total. The molecule has 0 saturated heterocycles. The molecule has 0 aliphatic heterocycles. The third kappa shape index (κ3) is 3.08. The summed E-state index contributed by atoms with van der Waals surface area (Å²) in [5, 5.41) is 2.76. The second-order valence-corrected chi connectivity index (χ2v) is 5.30. The number of carbonyl (C=O) groups is 1. The van der Waals surface area contributed by atoms with Crippen LogP contribution in [-0.2, 0) is 0 Å². The van der Waals surface area contributed by atoms with Gasteiger partial charge in [0.05, 0.1) is 5.69 Å². The topological polar surface area (TPSA) is 68.0 Å². The summed E-state index contributed by atoms with van der Waals surface area (Å²) in [6, 6.07) is 10.4.